The number of carbonyl (C=O) groups is 1. The van der Waals surface area contributed by atoms with Crippen molar-refractivity contribution in [3.05, 3.63) is 21.9 Å². The maximum atomic E-state index is 12.3. The monoisotopic (exact) mass is 279 g/mol. The van der Waals surface area contributed by atoms with Crippen LogP contribution >= 0.6 is 11.3 Å². The van der Waals surface area contributed by atoms with Crippen molar-refractivity contribution in [1.82, 2.24) is 5.32 Å². The fourth-order valence-corrected chi connectivity index (χ4v) is 2.83. The third-order valence-electron chi connectivity index (χ3n) is 3.03. The molecule has 4 nitrogen and oxygen atoms in total. The summed E-state index contributed by atoms with van der Waals surface area (Å²) in [4.78, 5) is 12.9. The molecule has 1 fully saturated rings. The Labute approximate surface area is 116 Å². The SMILES string of the molecule is CC1(NC(=O)c2sccc2C#CCO)CCCOC1. The molecule has 0 saturated carbocycles. The van der Waals surface area contributed by atoms with Gasteiger partial charge in [-0.2, -0.15) is 0 Å². The molecular weight excluding hydrogens is 262 g/mol. The fourth-order valence-electron chi connectivity index (χ4n) is 2.08. The number of amides is 1. The van der Waals surface area contributed by atoms with Gasteiger partial charge in [-0.15, -0.1) is 11.3 Å². The summed E-state index contributed by atoms with van der Waals surface area (Å²) in [5.74, 6) is 5.24. The highest BCUT2D eigenvalue weighted by Crippen LogP contribution is 2.21. The number of hydrogen-bond donors (Lipinski definition) is 2. The number of carbonyl (C=O) groups excluding carboxylic acids is 1. The van der Waals surface area contributed by atoms with Crippen molar-refractivity contribution in [2.24, 2.45) is 0 Å². The number of rotatable bonds is 2. The van der Waals surface area contributed by atoms with Gasteiger partial charge in [-0.05, 0) is 31.2 Å². The largest absolute Gasteiger partial charge is 0.384 e. The second-order valence-corrected chi connectivity index (χ2v) is 5.71. The van der Waals surface area contributed by atoms with E-state index < -0.39 is 0 Å². The molecule has 0 aliphatic carbocycles. The number of hydrogen-bond acceptors (Lipinski definition) is 4. The summed E-state index contributed by atoms with van der Waals surface area (Å²) in [6.45, 7) is 3.10. The molecule has 2 rings (SSSR count). The molecule has 1 unspecified atom stereocenters. The first-order valence-corrected chi connectivity index (χ1v) is 7.10. The minimum absolute atomic E-state index is 0.120. The smallest absolute Gasteiger partial charge is 0.263 e. The van der Waals surface area contributed by atoms with E-state index in [1.54, 1.807) is 6.07 Å². The first kappa shape index (κ1) is 14.1. The Morgan fingerprint density at radius 2 is 2.53 bits per heavy atom. The highest BCUT2D eigenvalue weighted by atomic mass is 32.1. The van der Waals surface area contributed by atoms with Crippen LogP contribution in [-0.4, -0.2) is 36.4 Å². The van der Waals surface area contributed by atoms with Gasteiger partial charge in [0.25, 0.3) is 5.91 Å². The van der Waals surface area contributed by atoms with Crippen molar-refractivity contribution >= 4 is 17.2 Å². The van der Waals surface area contributed by atoms with Gasteiger partial charge in [0, 0.05) is 12.2 Å². The number of aliphatic hydroxyl groups is 1. The summed E-state index contributed by atoms with van der Waals surface area (Å²) in [5, 5.41) is 13.6. The van der Waals surface area contributed by atoms with Crippen molar-refractivity contribution in [3.8, 4) is 11.8 Å². The van der Waals surface area contributed by atoms with Crippen molar-refractivity contribution in [2.45, 2.75) is 25.3 Å². The number of nitrogens with one attached hydrogen (secondary N) is 1. The van der Waals surface area contributed by atoms with Crippen LogP contribution in [0.25, 0.3) is 0 Å². The van der Waals surface area contributed by atoms with Crippen LogP contribution in [0.1, 0.15) is 35.0 Å². The van der Waals surface area contributed by atoms with E-state index in [-0.39, 0.29) is 18.1 Å². The topological polar surface area (TPSA) is 58.6 Å². The van der Waals surface area contributed by atoms with Crippen molar-refractivity contribution < 1.29 is 14.6 Å². The minimum Gasteiger partial charge on any atom is -0.384 e. The molecule has 0 radical (unpaired) electrons. The zero-order valence-electron chi connectivity index (χ0n) is 10.9. The van der Waals surface area contributed by atoms with Gasteiger partial charge in [-0.1, -0.05) is 11.8 Å². The number of ether oxygens (including phenoxy) is 1. The summed E-state index contributed by atoms with van der Waals surface area (Å²) in [6, 6.07) is 1.79. The first-order valence-electron chi connectivity index (χ1n) is 6.22. The van der Waals surface area contributed by atoms with Gasteiger partial charge in [0.1, 0.15) is 11.5 Å². The average Bonchev–Trinajstić information content (AvgIpc) is 2.85. The Morgan fingerprint density at radius 3 is 3.21 bits per heavy atom. The van der Waals surface area contributed by atoms with Gasteiger partial charge in [-0.25, -0.2) is 0 Å². The molecule has 1 atom stereocenters. The summed E-state index contributed by atoms with van der Waals surface area (Å²) in [7, 11) is 0. The summed E-state index contributed by atoms with van der Waals surface area (Å²) in [5.41, 5.74) is 0.359. The molecule has 0 spiro atoms. The van der Waals surface area contributed by atoms with E-state index in [1.165, 1.54) is 11.3 Å². The summed E-state index contributed by atoms with van der Waals surface area (Å²) < 4.78 is 5.43. The van der Waals surface area contributed by atoms with Crippen LogP contribution < -0.4 is 5.32 Å². The molecule has 1 aliphatic heterocycles. The number of thiophene rings is 1. The zero-order valence-corrected chi connectivity index (χ0v) is 11.7. The molecule has 19 heavy (non-hydrogen) atoms. The van der Waals surface area contributed by atoms with E-state index >= 15 is 0 Å². The van der Waals surface area contributed by atoms with E-state index in [0.29, 0.717) is 17.0 Å². The zero-order chi connectivity index (χ0) is 13.7. The van der Waals surface area contributed by atoms with Crippen LogP contribution in [0, 0.1) is 11.8 Å². The van der Waals surface area contributed by atoms with E-state index in [9.17, 15) is 4.79 Å². The van der Waals surface area contributed by atoms with E-state index in [4.69, 9.17) is 9.84 Å². The van der Waals surface area contributed by atoms with E-state index in [2.05, 4.69) is 17.2 Å². The lowest BCUT2D eigenvalue weighted by Gasteiger charge is -2.34. The predicted octanol–water partition coefficient (Wildman–Crippen LogP) is 1.39. The van der Waals surface area contributed by atoms with Gasteiger partial charge in [0.2, 0.25) is 0 Å². The van der Waals surface area contributed by atoms with Crippen LogP contribution in [0.3, 0.4) is 0 Å². The molecular formula is C14H17NO3S. The Balaban J connectivity index is 2.09. The molecule has 1 amide bonds. The predicted molar refractivity (Wildman–Crippen MR) is 74.2 cm³/mol. The quantitative estimate of drug-likeness (QED) is 0.804. The van der Waals surface area contributed by atoms with Crippen molar-refractivity contribution in [2.75, 3.05) is 19.8 Å². The highest BCUT2D eigenvalue weighted by Gasteiger charge is 2.30. The number of aliphatic hydroxyl groups excluding tert-OH is 1. The second kappa shape index (κ2) is 6.20. The third kappa shape index (κ3) is 3.57. The minimum atomic E-state index is -0.305. The molecule has 1 aliphatic rings. The van der Waals surface area contributed by atoms with Crippen LogP contribution in [0.4, 0.5) is 0 Å². The molecule has 0 bridgehead atoms. The maximum Gasteiger partial charge on any atom is 0.263 e. The fraction of sp³-hybridized carbons (Fsp3) is 0.500. The molecule has 2 N–H and O–H groups in total. The lowest BCUT2D eigenvalue weighted by molar-refractivity contribution is 0.0274. The van der Waals surface area contributed by atoms with Gasteiger partial charge < -0.3 is 15.2 Å². The Hall–Kier alpha value is -1.35. The maximum absolute atomic E-state index is 12.3. The summed E-state index contributed by atoms with van der Waals surface area (Å²) in [6.07, 6.45) is 1.88. The van der Waals surface area contributed by atoms with Gasteiger partial charge >= 0.3 is 0 Å². The van der Waals surface area contributed by atoms with Crippen molar-refractivity contribution in [1.29, 1.82) is 0 Å². The van der Waals surface area contributed by atoms with Crippen LogP contribution in [0.2, 0.25) is 0 Å². The van der Waals surface area contributed by atoms with E-state index in [1.807, 2.05) is 12.3 Å². The normalized spacial score (nSPS) is 22.4. The molecule has 102 valence electrons. The molecule has 2 heterocycles. The molecule has 1 aromatic rings. The molecule has 1 aromatic heterocycles. The second-order valence-electron chi connectivity index (χ2n) is 4.79. The Kier molecular flexibility index (Phi) is 4.59. The standard InChI is InChI=1S/C14H17NO3S/c1-14(6-3-8-18-10-14)15-13(17)12-11(4-2-7-16)5-9-19-12/h5,9,16H,3,6-8,10H2,1H3,(H,15,17). The van der Waals surface area contributed by atoms with Crippen LogP contribution in [0.15, 0.2) is 11.4 Å². The molecule has 0 aromatic carbocycles. The lowest BCUT2D eigenvalue weighted by atomic mass is 9.95. The summed E-state index contributed by atoms with van der Waals surface area (Å²) >= 11 is 1.36. The van der Waals surface area contributed by atoms with Crippen LogP contribution in [-0.2, 0) is 4.74 Å². The van der Waals surface area contributed by atoms with Crippen molar-refractivity contribution in [3.63, 3.8) is 0 Å². The third-order valence-corrected chi connectivity index (χ3v) is 3.94. The first-order chi connectivity index (χ1) is 9.14. The highest BCUT2D eigenvalue weighted by molar-refractivity contribution is 7.12. The lowest BCUT2D eigenvalue weighted by Crippen LogP contribution is -2.51. The Bertz CT molecular complexity index is 506. The molecule has 1 saturated heterocycles. The van der Waals surface area contributed by atoms with Gasteiger partial charge in [0.15, 0.2) is 0 Å². The van der Waals surface area contributed by atoms with Gasteiger partial charge in [-0.3, -0.25) is 4.79 Å². The molecule has 5 heteroatoms. The van der Waals surface area contributed by atoms with Crippen LogP contribution in [0.5, 0.6) is 0 Å². The van der Waals surface area contributed by atoms with E-state index in [0.717, 1.165) is 19.4 Å². The Morgan fingerprint density at radius 1 is 1.68 bits per heavy atom. The average molecular weight is 279 g/mol. The van der Waals surface area contributed by atoms with Gasteiger partial charge in [0.05, 0.1) is 12.1 Å².